The number of hydrogen-bond donors (Lipinski definition) is 1. The number of fused-ring (bicyclic) bond motifs is 1. The number of carbonyl (C=O) groups is 2. The summed E-state index contributed by atoms with van der Waals surface area (Å²) in [6.07, 6.45) is 2.71. The molecule has 136 valence electrons. The van der Waals surface area contributed by atoms with Gasteiger partial charge in [-0.05, 0) is 43.2 Å². The van der Waals surface area contributed by atoms with Gasteiger partial charge in [0.25, 0.3) is 0 Å². The van der Waals surface area contributed by atoms with Crippen molar-refractivity contribution in [1.29, 1.82) is 0 Å². The van der Waals surface area contributed by atoms with Crippen molar-refractivity contribution in [3.05, 3.63) is 34.9 Å². The molecular formula is C20H29N3O2. The van der Waals surface area contributed by atoms with Gasteiger partial charge in [-0.15, -0.1) is 0 Å². The van der Waals surface area contributed by atoms with Crippen LogP contribution in [0.3, 0.4) is 0 Å². The average Bonchev–Trinajstić information content (AvgIpc) is 2.89. The standard InChI is InChI=1S/C20H29N3O2/c1-13-5-6-16-12-14(2)19(18(16)11-13)21-20(25)23-9-7-17(8-10-23)22(4)15(3)24/h5-6,11,14,17,19H,7-10,12H2,1-4H3,(H,21,25). The molecule has 5 heteroatoms. The van der Waals surface area contributed by atoms with E-state index in [1.54, 1.807) is 11.8 Å². The molecule has 0 radical (unpaired) electrons. The van der Waals surface area contributed by atoms with Crippen LogP contribution in [0.4, 0.5) is 4.79 Å². The third-order valence-electron chi connectivity index (χ3n) is 5.82. The van der Waals surface area contributed by atoms with Gasteiger partial charge in [-0.25, -0.2) is 4.79 Å². The summed E-state index contributed by atoms with van der Waals surface area (Å²) in [5.74, 6) is 0.511. The van der Waals surface area contributed by atoms with E-state index in [1.807, 2.05) is 11.9 Å². The highest BCUT2D eigenvalue weighted by Crippen LogP contribution is 2.36. The Morgan fingerprint density at radius 3 is 2.56 bits per heavy atom. The van der Waals surface area contributed by atoms with Gasteiger partial charge in [-0.1, -0.05) is 30.7 Å². The Morgan fingerprint density at radius 1 is 1.24 bits per heavy atom. The third-order valence-corrected chi connectivity index (χ3v) is 5.82. The first kappa shape index (κ1) is 17.8. The smallest absolute Gasteiger partial charge is 0.317 e. The number of benzene rings is 1. The van der Waals surface area contributed by atoms with Crippen LogP contribution in [0.25, 0.3) is 0 Å². The van der Waals surface area contributed by atoms with Crippen LogP contribution in [0.5, 0.6) is 0 Å². The van der Waals surface area contributed by atoms with Crippen LogP contribution >= 0.6 is 0 Å². The molecule has 0 bridgehead atoms. The maximum atomic E-state index is 12.7. The number of piperidine rings is 1. The van der Waals surface area contributed by atoms with Crippen molar-refractivity contribution >= 4 is 11.9 Å². The summed E-state index contributed by atoms with van der Waals surface area (Å²) in [5.41, 5.74) is 3.86. The topological polar surface area (TPSA) is 52.7 Å². The lowest BCUT2D eigenvalue weighted by atomic mass is 10.0. The lowest BCUT2D eigenvalue weighted by molar-refractivity contribution is -0.130. The van der Waals surface area contributed by atoms with E-state index in [2.05, 4.69) is 37.4 Å². The van der Waals surface area contributed by atoms with Crippen LogP contribution in [0.2, 0.25) is 0 Å². The third kappa shape index (κ3) is 3.65. The van der Waals surface area contributed by atoms with Crippen molar-refractivity contribution in [2.45, 2.75) is 52.1 Å². The second-order valence-corrected chi connectivity index (χ2v) is 7.66. The molecule has 2 aliphatic rings. The van der Waals surface area contributed by atoms with Crippen LogP contribution in [0, 0.1) is 12.8 Å². The predicted molar refractivity (Wildman–Crippen MR) is 98.4 cm³/mol. The highest BCUT2D eigenvalue weighted by molar-refractivity contribution is 5.75. The Balaban J connectivity index is 1.61. The molecule has 25 heavy (non-hydrogen) atoms. The van der Waals surface area contributed by atoms with E-state index in [-0.39, 0.29) is 24.0 Å². The van der Waals surface area contributed by atoms with Crippen molar-refractivity contribution < 1.29 is 9.59 Å². The highest BCUT2D eigenvalue weighted by atomic mass is 16.2. The number of nitrogens with zero attached hydrogens (tertiary/aromatic N) is 2. The fourth-order valence-corrected chi connectivity index (χ4v) is 4.12. The van der Waals surface area contributed by atoms with Crippen molar-refractivity contribution in [2.75, 3.05) is 20.1 Å². The number of aryl methyl sites for hydroxylation is 1. The van der Waals surface area contributed by atoms with Gasteiger partial charge < -0.3 is 15.1 Å². The summed E-state index contributed by atoms with van der Waals surface area (Å²) in [6.45, 7) is 7.30. The molecule has 1 aromatic carbocycles. The molecule has 0 spiro atoms. The second kappa shape index (κ2) is 7.06. The molecule has 1 aliphatic heterocycles. The lowest BCUT2D eigenvalue weighted by Gasteiger charge is -2.37. The first-order valence-electron chi connectivity index (χ1n) is 9.25. The Labute approximate surface area is 150 Å². The molecule has 0 saturated carbocycles. The van der Waals surface area contributed by atoms with Gasteiger partial charge in [0.15, 0.2) is 0 Å². The maximum absolute atomic E-state index is 12.7. The van der Waals surface area contributed by atoms with E-state index in [4.69, 9.17) is 0 Å². The zero-order valence-corrected chi connectivity index (χ0v) is 15.7. The minimum atomic E-state index is 0.0233. The second-order valence-electron chi connectivity index (χ2n) is 7.66. The first-order valence-corrected chi connectivity index (χ1v) is 9.25. The van der Waals surface area contributed by atoms with Crippen LogP contribution in [0.1, 0.15) is 49.4 Å². The molecule has 3 rings (SSSR count). The minimum absolute atomic E-state index is 0.0233. The van der Waals surface area contributed by atoms with Crippen LogP contribution in [-0.4, -0.2) is 47.9 Å². The summed E-state index contributed by atoms with van der Waals surface area (Å²) >= 11 is 0. The summed E-state index contributed by atoms with van der Waals surface area (Å²) in [7, 11) is 1.85. The first-order chi connectivity index (χ1) is 11.9. The summed E-state index contributed by atoms with van der Waals surface area (Å²) < 4.78 is 0. The number of urea groups is 1. The quantitative estimate of drug-likeness (QED) is 0.898. The van der Waals surface area contributed by atoms with Gasteiger partial charge in [-0.2, -0.15) is 0 Å². The number of likely N-dealkylation sites (tertiary alicyclic amines) is 1. The molecular weight excluding hydrogens is 314 g/mol. The maximum Gasteiger partial charge on any atom is 0.317 e. The number of rotatable bonds is 2. The van der Waals surface area contributed by atoms with Gasteiger partial charge in [0.2, 0.25) is 5.91 Å². The van der Waals surface area contributed by atoms with Crippen molar-refractivity contribution in [1.82, 2.24) is 15.1 Å². The normalized spacial score (nSPS) is 23.3. The van der Waals surface area contributed by atoms with Crippen molar-refractivity contribution in [3.63, 3.8) is 0 Å². The fourth-order valence-electron chi connectivity index (χ4n) is 4.12. The minimum Gasteiger partial charge on any atom is -0.343 e. The number of carbonyl (C=O) groups excluding carboxylic acids is 2. The van der Waals surface area contributed by atoms with Gasteiger partial charge in [-0.3, -0.25) is 4.79 Å². The van der Waals surface area contributed by atoms with Crippen molar-refractivity contribution in [3.8, 4) is 0 Å². The number of nitrogens with one attached hydrogen (secondary N) is 1. The molecule has 1 N–H and O–H groups in total. The number of hydrogen-bond acceptors (Lipinski definition) is 2. The molecule has 0 aromatic heterocycles. The highest BCUT2D eigenvalue weighted by Gasteiger charge is 2.33. The van der Waals surface area contributed by atoms with E-state index in [0.717, 1.165) is 19.3 Å². The van der Waals surface area contributed by atoms with E-state index >= 15 is 0 Å². The average molecular weight is 343 g/mol. The largest absolute Gasteiger partial charge is 0.343 e. The molecule has 1 saturated heterocycles. The molecule has 1 aliphatic carbocycles. The fraction of sp³-hybridized carbons (Fsp3) is 0.600. The summed E-state index contributed by atoms with van der Waals surface area (Å²) in [4.78, 5) is 27.9. The van der Waals surface area contributed by atoms with Crippen LogP contribution < -0.4 is 5.32 Å². The molecule has 2 atom stereocenters. The van der Waals surface area contributed by atoms with E-state index < -0.39 is 0 Å². The van der Waals surface area contributed by atoms with Gasteiger partial charge in [0.05, 0.1) is 6.04 Å². The lowest BCUT2D eigenvalue weighted by Crippen LogP contribution is -2.50. The molecule has 1 heterocycles. The van der Waals surface area contributed by atoms with Gasteiger partial charge in [0, 0.05) is 33.1 Å². The summed E-state index contributed by atoms with van der Waals surface area (Å²) in [6, 6.07) is 6.91. The molecule has 3 amide bonds. The van der Waals surface area contributed by atoms with Crippen molar-refractivity contribution in [2.24, 2.45) is 5.92 Å². The monoisotopic (exact) mass is 343 g/mol. The summed E-state index contributed by atoms with van der Waals surface area (Å²) in [5, 5.41) is 3.26. The van der Waals surface area contributed by atoms with Gasteiger partial charge >= 0.3 is 6.03 Å². The Kier molecular flexibility index (Phi) is 5.02. The van der Waals surface area contributed by atoms with Crippen LogP contribution in [-0.2, 0) is 11.2 Å². The van der Waals surface area contributed by atoms with Gasteiger partial charge in [0.1, 0.15) is 0 Å². The molecule has 1 fully saturated rings. The number of amides is 3. The molecule has 5 nitrogen and oxygen atoms in total. The Hall–Kier alpha value is -2.04. The Morgan fingerprint density at radius 2 is 1.92 bits per heavy atom. The zero-order chi connectivity index (χ0) is 18.1. The predicted octanol–water partition coefficient (Wildman–Crippen LogP) is 2.88. The SMILES string of the molecule is CC(=O)N(C)C1CCN(C(=O)NC2c3cc(C)ccc3CC2C)CC1. The van der Waals surface area contributed by atoms with E-state index in [1.165, 1.54) is 16.7 Å². The zero-order valence-electron chi connectivity index (χ0n) is 15.7. The molecule has 1 aromatic rings. The van der Waals surface area contributed by atoms with Crippen LogP contribution in [0.15, 0.2) is 18.2 Å². The Bertz CT molecular complexity index is 665. The molecule has 2 unspecified atom stereocenters. The van der Waals surface area contributed by atoms with E-state index in [0.29, 0.717) is 19.0 Å². The van der Waals surface area contributed by atoms with E-state index in [9.17, 15) is 9.59 Å².